The van der Waals surface area contributed by atoms with Gasteiger partial charge in [0.1, 0.15) is 0 Å². The van der Waals surface area contributed by atoms with Gasteiger partial charge < -0.3 is 14.0 Å². The van der Waals surface area contributed by atoms with E-state index in [1.165, 1.54) is 12.1 Å². The molecule has 1 N–H and O–H groups in total. The van der Waals surface area contributed by atoms with E-state index in [1.54, 1.807) is 0 Å². The Morgan fingerprint density at radius 1 is 1.08 bits per heavy atom. The van der Waals surface area contributed by atoms with Crippen molar-refractivity contribution >= 4 is 35.9 Å². The van der Waals surface area contributed by atoms with Crippen LogP contribution in [0.2, 0.25) is 0 Å². The van der Waals surface area contributed by atoms with Gasteiger partial charge in [0.05, 0.1) is 18.3 Å². The number of methoxy groups -OCH3 is 1. The van der Waals surface area contributed by atoms with Crippen molar-refractivity contribution in [2.75, 3.05) is 7.11 Å². The van der Waals surface area contributed by atoms with Gasteiger partial charge in [0.15, 0.2) is 0 Å². The molecule has 3 aliphatic rings. The largest absolute Gasteiger partial charge is 0.494 e. The molecule has 0 aromatic heterocycles. The monoisotopic (exact) mass is 509 g/mol. The van der Waals surface area contributed by atoms with E-state index in [4.69, 9.17) is 19.0 Å². The molecule has 1 aromatic carbocycles. The predicted molar refractivity (Wildman–Crippen MR) is 145 cm³/mol. The molecule has 37 heavy (non-hydrogen) atoms. The van der Waals surface area contributed by atoms with E-state index < -0.39 is 6.09 Å². The molecule has 2 amide bonds. The maximum absolute atomic E-state index is 13.5. The molecule has 4 rings (SSSR count). The van der Waals surface area contributed by atoms with Crippen LogP contribution in [0.1, 0.15) is 79.2 Å². The fraction of sp³-hybridized carbons (Fsp3) is 0.607. The summed E-state index contributed by atoms with van der Waals surface area (Å²) >= 11 is 0. The van der Waals surface area contributed by atoms with Gasteiger partial charge in [0, 0.05) is 36.2 Å². The second-order valence-corrected chi connectivity index (χ2v) is 11.6. The van der Waals surface area contributed by atoms with Gasteiger partial charge >= 0.3 is 13.2 Å². The fourth-order valence-corrected chi connectivity index (χ4v) is 5.27. The number of hydrazine groups is 1. The second-order valence-electron chi connectivity index (χ2n) is 11.6. The Morgan fingerprint density at radius 3 is 2.30 bits per heavy atom. The number of allylic oxidation sites excluding steroid dienone is 1. The van der Waals surface area contributed by atoms with E-state index >= 15 is 0 Å². The lowest BCUT2D eigenvalue weighted by Gasteiger charge is -2.36. The maximum atomic E-state index is 13.5. The Kier molecular flexibility index (Phi) is 7.86. The first kappa shape index (κ1) is 27.4. The SMILES string of the molecule is COC(=O)NN(C(=O)[C@@H]1CCCC[C@@H]1C1=NC=C(c2ccc(B3OC(C)(C)C(C)(C)O3)cc2)C1)C(C)C. The Hall–Kier alpha value is -2.65. The van der Waals surface area contributed by atoms with Crippen LogP contribution in [0.15, 0.2) is 35.5 Å². The van der Waals surface area contributed by atoms with E-state index in [0.717, 1.165) is 54.4 Å². The topological polar surface area (TPSA) is 89.5 Å². The second kappa shape index (κ2) is 10.6. The first-order valence-electron chi connectivity index (χ1n) is 13.3. The van der Waals surface area contributed by atoms with Crippen LogP contribution in [0.4, 0.5) is 4.79 Å². The minimum absolute atomic E-state index is 0.0553. The van der Waals surface area contributed by atoms with Gasteiger partial charge in [0.2, 0.25) is 5.91 Å². The third kappa shape index (κ3) is 5.62. The zero-order chi connectivity index (χ0) is 27.0. The zero-order valence-electron chi connectivity index (χ0n) is 23.2. The molecule has 8 nitrogen and oxygen atoms in total. The van der Waals surface area contributed by atoms with Crippen LogP contribution in [0.3, 0.4) is 0 Å². The molecule has 1 saturated heterocycles. The summed E-state index contributed by atoms with van der Waals surface area (Å²) in [6.07, 6.45) is 5.77. The molecule has 200 valence electrons. The highest BCUT2D eigenvalue weighted by Gasteiger charge is 2.51. The summed E-state index contributed by atoms with van der Waals surface area (Å²) < 4.78 is 17.1. The van der Waals surface area contributed by atoms with Crippen LogP contribution in [0.25, 0.3) is 5.57 Å². The maximum Gasteiger partial charge on any atom is 0.494 e. The van der Waals surface area contributed by atoms with Crippen LogP contribution in [0.5, 0.6) is 0 Å². The summed E-state index contributed by atoms with van der Waals surface area (Å²) in [6, 6.07) is 8.12. The Morgan fingerprint density at radius 2 is 1.70 bits per heavy atom. The van der Waals surface area contributed by atoms with Crippen molar-refractivity contribution in [1.82, 2.24) is 10.4 Å². The number of benzene rings is 1. The van der Waals surface area contributed by atoms with Gasteiger partial charge in [-0.05, 0) is 71.0 Å². The summed E-state index contributed by atoms with van der Waals surface area (Å²) in [5, 5.41) is 1.41. The number of ether oxygens (including phenoxy) is 1. The van der Waals surface area contributed by atoms with Crippen molar-refractivity contribution in [3.63, 3.8) is 0 Å². The first-order valence-corrected chi connectivity index (χ1v) is 13.3. The van der Waals surface area contributed by atoms with Gasteiger partial charge in [-0.15, -0.1) is 0 Å². The summed E-state index contributed by atoms with van der Waals surface area (Å²) in [5.74, 6) is -0.238. The average Bonchev–Trinajstić information content (AvgIpc) is 3.44. The molecule has 2 heterocycles. The number of aliphatic imine (C=N–C) groups is 1. The molecular weight excluding hydrogens is 469 g/mol. The number of nitrogens with one attached hydrogen (secondary N) is 1. The number of carbonyl (C=O) groups is 2. The lowest BCUT2D eigenvalue weighted by atomic mass is 9.74. The van der Waals surface area contributed by atoms with Crippen molar-refractivity contribution in [1.29, 1.82) is 0 Å². The summed E-state index contributed by atoms with van der Waals surface area (Å²) in [7, 11) is 0.907. The van der Waals surface area contributed by atoms with Crippen molar-refractivity contribution < 1.29 is 23.6 Å². The third-order valence-electron chi connectivity index (χ3n) is 8.23. The highest BCUT2D eigenvalue weighted by Crippen LogP contribution is 2.38. The Labute approximate surface area is 220 Å². The van der Waals surface area contributed by atoms with Crippen LogP contribution in [-0.2, 0) is 18.8 Å². The smallest absolute Gasteiger partial charge is 0.452 e. The number of nitrogens with zero attached hydrogens (tertiary/aromatic N) is 2. The van der Waals surface area contributed by atoms with Gasteiger partial charge in [-0.2, -0.15) is 0 Å². The third-order valence-corrected chi connectivity index (χ3v) is 8.23. The molecule has 1 saturated carbocycles. The highest BCUT2D eigenvalue weighted by molar-refractivity contribution is 6.62. The fourth-order valence-electron chi connectivity index (χ4n) is 5.27. The number of amides is 2. The van der Waals surface area contributed by atoms with Crippen LogP contribution < -0.4 is 10.9 Å². The van der Waals surface area contributed by atoms with Gasteiger partial charge in [-0.3, -0.25) is 9.79 Å². The molecule has 0 spiro atoms. The molecular formula is C28H40BN3O5. The number of hydrogen-bond donors (Lipinski definition) is 1. The molecule has 2 aliphatic heterocycles. The summed E-state index contributed by atoms with van der Waals surface area (Å²) in [5.41, 5.74) is 6.13. The predicted octanol–water partition coefficient (Wildman–Crippen LogP) is 4.49. The van der Waals surface area contributed by atoms with E-state index in [0.29, 0.717) is 0 Å². The number of carbonyl (C=O) groups excluding carboxylic acids is 2. The number of hydrogen-bond acceptors (Lipinski definition) is 6. The van der Waals surface area contributed by atoms with E-state index in [1.807, 2.05) is 20.0 Å². The molecule has 0 bridgehead atoms. The standard InChI is InChI=1S/C28H40BN3O5/c1-18(2)32(31-26(34)35-7)25(33)23-11-9-8-10-22(23)24-16-20(17-30-24)19-12-14-21(15-13-19)29-36-27(3,4)28(5,6)37-29/h12-15,17-18,22-23H,8-11,16H2,1-7H3,(H,31,34)/t22-,23+/m0/s1. The van der Waals surface area contributed by atoms with Crippen molar-refractivity contribution in [3.05, 3.63) is 36.0 Å². The number of rotatable bonds is 5. The van der Waals surface area contributed by atoms with E-state index in [2.05, 4.69) is 57.4 Å². The van der Waals surface area contributed by atoms with Crippen molar-refractivity contribution in [2.45, 2.75) is 90.9 Å². The van der Waals surface area contributed by atoms with Crippen LogP contribution in [0, 0.1) is 11.8 Å². The van der Waals surface area contributed by atoms with E-state index in [9.17, 15) is 9.59 Å². The Balaban J connectivity index is 1.43. The van der Waals surface area contributed by atoms with Crippen molar-refractivity contribution in [3.8, 4) is 0 Å². The van der Waals surface area contributed by atoms with Gasteiger partial charge in [0.25, 0.3) is 0 Å². The van der Waals surface area contributed by atoms with Crippen LogP contribution >= 0.6 is 0 Å². The van der Waals surface area contributed by atoms with Crippen LogP contribution in [-0.4, -0.2) is 54.2 Å². The molecule has 9 heteroatoms. The lowest BCUT2D eigenvalue weighted by molar-refractivity contribution is -0.142. The summed E-state index contributed by atoms with van der Waals surface area (Å²) in [6.45, 7) is 12.0. The zero-order valence-corrected chi connectivity index (χ0v) is 23.2. The lowest BCUT2D eigenvalue weighted by Crippen LogP contribution is -2.54. The molecule has 2 atom stereocenters. The molecule has 0 radical (unpaired) electrons. The highest BCUT2D eigenvalue weighted by atomic mass is 16.7. The molecule has 1 aliphatic carbocycles. The quantitative estimate of drug-likeness (QED) is 0.467. The molecule has 1 aromatic rings. The summed E-state index contributed by atoms with van der Waals surface area (Å²) in [4.78, 5) is 30.2. The molecule has 2 fully saturated rings. The minimum Gasteiger partial charge on any atom is -0.452 e. The van der Waals surface area contributed by atoms with Gasteiger partial charge in [-0.1, -0.05) is 37.1 Å². The Bertz CT molecular complexity index is 1060. The van der Waals surface area contributed by atoms with Gasteiger partial charge in [-0.25, -0.2) is 15.2 Å². The first-order chi connectivity index (χ1) is 17.4. The van der Waals surface area contributed by atoms with Crippen molar-refractivity contribution in [2.24, 2.45) is 16.8 Å². The molecule has 0 unspecified atom stereocenters. The van der Waals surface area contributed by atoms with E-state index in [-0.39, 0.29) is 42.1 Å². The minimum atomic E-state index is -0.638. The normalized spacial score (nSPS) is 24.5. The average molecular weight is 509 g/mol.